The maximum Gasteiger partial charge on any atom is 0.341 e. The van der Waals surface area contributed by atoms with Crippen molar-refractivity contribution in [1.29, 1.82) is 0 Å². The fourth-order valence-corrected chi connectivity index (χ4v) is 1.03. The first-order valence-corrected chi connectivity index (χ1v) is 3.67. The Labute approximate surface area is 74.8 Å². The molecule has 70 valence electrons. The van der Waals surface area contributed by atoms with Gasteiger partial charge in [0.25, 0.3) is 0 Å². The Balaban J connectivity index is 3.22. The summed E-state index contributed by atoms with van der Waals surface area (Å²) in [5.74, 6) is -1.46. The topological polar surface area (TPSA) is 46.5 Å². The molecule has 0 unspecified atom stereocenters. The zero-order chi connectivity index (χ0) is 9.84. The van der Waals surface area contributed by atoms with Crippen molar-refractivity contribution in [1.82, 2.24) is 0 Å². The molecule has 1 aromatic carbocycles. The largest absolute Gasteiger partial charge is 0.465 e. The molecule has 0 amide bonds. The summed E-state index contributed by atoms with van der Waals surface area (Å²) in [6.45, 7) is -0.387. The molecule has 0 spiro atoms. The highest BCUT2D eigenvalue weighted by atomic mass is 19.1. The van der Waals surface area contributed by atoms with Crippen molar-refractivity contribution in [2.45, 2.75) is 6.61 Å². The number of ether oxygens (including phenoxy) is 1. The third-order valence-electron chi connectivity index (χ3n) is 1.66. The van der Waals surface area contributed by atoms with Gasteiger partial charge >= 0.3 is 5.97 Å². The van der Waals surface area contributed by atoms with Crippen LogP contribution in [0, 0.1) is 5.82 Å². The molecule has 0 bridgehead atoms. The lowest BCUT2D eigenvalue weighted by atomic mass is 10.1. The minimum absolute atomic E-state index is 0.201. The second-order valence-electron chi connectivity index (χ2n) is 2.42. The molecule has 0 heterocycles. The number of carbonyl (C=O) groups is 1. The maximum absolute atomic E-state index is 13.1. The number of carbonyl (C=O) groups excluding carboxylic acids is 1. The van der Waals surface area contributed by atoms with E-state index in [1.165, 1.54) is 12.1 Å². The van der Waals surface area contributed by atoms with Gasteiger partial charge in [-0.25, -0.2) is 9.18 Å². The molecule has 1 rings (SSSR count). The van der Waals surface area contributed by atoms with Crippen LogP contribution in [-0.4, -0.2) is 18.2 Å². The van der Waals surface area contributed by atoms with Gasteiger partial charge in [-0.2, -0.15) is 0 Å². The zero-order valence-corrected chi connectivity index (χ0v) is 7.08. The number of benzene rings is 1. The Bertz CT molecular complexity index is 323. The first kappa shape index (κ1) is 9.67. The average Bonchev–Trinajstić information content (AvgIpc) is 2.16. The van der Waals surface area contributed by atoms with Crippen molar-refractivity contribution in [2.75, 3.05) is 7.11 Å². The molecule has 1 aromatic rings. The maximum atomic E-state index is 13.1. The van der Waals surface area contributed by atoms with Crippen LogP contribution in [-0.2, 0) is 11.3 Å². The van der Waals surface area contributed by atoms with Crippen LogP contribution in [0.25, 0.3) is 0 Å². The zero-order valence-electron chi connectivity index (χ0n) is 7.08. The number of hydrogen-bond donors (Lipinski definition) is 1. The van der Waals surface area contributed by atoms with E-state index in [1.54, 1.807) is 0 Å². The molecule has 0 saturated heterocycles. The number of hydrogen-bond acceptors (Lipinski definition) is 3. The van der Waals surface area contributed by atoms with E-state index in [-0.39, 0.29) is 17.7 Å². The summed E-state index contributed by atoms with van der Waals surface area (Å²) < 4.78 is 17.4. The minimum Gasteiger partial charge on any atom is -0.465 e. The number of esters is 1. The predicted octanol–water partition coefficient (Wildman–Crippen LogP) is 1.10. The molecule has 0 aromatic heterocycles. The lowest BCUT2D eigenvalue weighted by Crippen LogP contribution is -2.08. The van der Waals surface area contributed by atoms with E-state index in [2.05, 4.69) is 4.74 Å². The van der Waals surface area contributed by atoms with E-state index >= 15 is 0 Å². The van der Waals surface area contributed by atoms with Crippen LogP contribution in [0.1, 0.15) is 15.9 Å². The van der Waals surface area contributed by atoms with Crippen molar-refractivity contribution in [3.05, 3.63) is 35.1 Å². The highest BCUT2D eigenvalue weighted by Gasteiger charge is 2.15. The van der Waals surface area contributed by atoms with E-state index in [0.717, 1.165) is 13.2 Å². The summed E-state index contributed by atoms with van der Waals surface area (Å²) in [4.78, 5) is 11.0. The molecule has 4 heteroatoms. The second kappa shape index (κ2) is 4.00. The molecule has 0 fully saturated rings. The lowest BCUT2D eigenvalue weighted by Gasteiger charge is -2.05. The third-order valence-corrected chi connectivity index (χ3v) is 1.66. The summed E-state index contributed by atoms with van der Waals surface area (Å²) in [6.07, 6.45) is 0. The van der Waals surface area contributed by atoms with Crippen molar-refractivity contribution in [2.24, 2.45) is 0 Å². The Morgan fingerprint density at radius 1 is 1.62 bits per heavy atom. The SMILES string of the molecule is COC(=O)c1c(F)cccc1CO. The van der Waals surface area contributed by atoms with E-state index in [1.807, 2.05) is 0 Å². The fraction of sp³-hybridized carbons (Fsp3) is 0.222. The average molecular weight is 184 g/mol. The van der Waals surface area contributed by atoms with Crippen molar-refractivity contribution >= 4 is 5.97 Å². The van der Waals surface area contributed by atoms with Crippen molar-refractivity contribution in [3.8, 4) is 0 Å². The van der Waals surface area contributed by atoms with Gasteiger partial charge in [0.15, 0.2) is 0 Å². The molecule has 13 heavy (non-hydrogen) atoms. The fourth-order valence-electron chi connectivity index (χ4n) is 1.03. The van der Waals surface area contributed by atoms with Gasteiger partial charge in [0, 0.05) is 0 Å². The molecule has 1 N–H and O–H groups in total. The smallest absolute Gasteiger partial charge is 0.341 e. The predicted molar refractivity (Wildman–Crippen MR) is 43.7 cm³/mol. The van der Waals surface area contributed by atoms with Gasteiger partial charge in [0.05, 0.1) is 13.7 Å². The van der Waals surface area contributed by atoms with Crippen LogP contribution in [0.15, 0.2) is 18.2 Å². The van der Waals surface area contributed by atoms with Crippen LogP contribution >= 0.6 is 0 Å². The van der Waals surface area contributed by atoms with Crippen LogP contribution < -0.4 is 0 Å². The number of rotatable bonds is 2. The van der Waals surface area contributed by atoms with Crippen molar-refractivity contribution in [3.63, 3.8) is 0 Å². The monoisotopic (exact) mass is 184 g/mol. The van der Waals surface area contributed by atoms with Gasteiger partial charge in [0.1, 0.15) is 11.4 Å². The summed E-state index contributed by atoms with van der Waals surface area (Å²) in [6, 6.07) is 4.04. The Morgan fingerprint density at radius 2 is 2.31 bits per heavy atom. The highest BCUT2D eigenvalue weighted by Crippen LogP contribution is 2.14. The molecule has 0 saturated carbocycles. The van der Waals surface area contributed by atoms with Crippen LogP contribution in [0.5, 0.6) is 0 Å². The summed E-state index contributed by atoms with van der Waals surface area (Å²) in [5, 5.41) is 8.81. The third kappa shape index (κ3) is 1.84. The van der Waals surface area contributed by atoms with Crippen LogP contribution in [0.4, 0.5) is 4.39 Å². The highest BCUT2D eigenvalue weighted by molar-refractivity contribution is 5.91. The Morgan fingerprint density at radius 3 is 2.85 bits per heavy atom. The first-order chi connectivity index (χ1) is 6.20. The second-order valence-corrected chi connectivity index (χ2v) is 2.42. The molecular weight excluding hydrogens is 175 g/mol. The van der Waals surface area contributed by atoms with E-state index in [0.29, 0.717) is 0 Å². The van der Waals surface area contributed by atoms with Gasteiger partial charge in [-0.3, -0.25) is 0 Å². The van der Waals surface area contributed by atoms with Gasteiger partial charge in [0.2, 0.25) is 0 Å². The Hall–Kier alpha value is -1.42. The molecular formula is C9H9FO3. The van der Waals surface area contributed by atoms with E-state index < -0.39 is 11.8 Å². The van der Waals surface area contributed by atoms with E-state index in [4.69, 9.17) is 5.11 Å². The number of aliphatic hydroxyl groups excluding tert-OH is 1. The van der Waals surface area contributed by atoms with Gasteiger partial charge in [-0.1, -0.05) is 12.1 Å². The standard InChI is InChI=1S/C9H9FO3/c1-13-9(12)8-6(5-11)3-2-4-7(8)10/h2-4,11H,5H2,1H3. The molecule has 0 atom stereocenters. The van der Waals surface area contributed by atoms with Crippen LogP contribution in [0.3, 0.4) is 0 Å². The molecule has 0 aliphatic carbocycles. The summed E-state index contributed by atoms with van der Waals surface area (Å²) >= 11 is 0. The summed E-state index contributed by atoms with van der Waals surface area (Å²) in [7, 11) is 1.16. The molecule has 0 radical (unpaired) electrons. The number of methoxy groups -OCH3 is 1. The quantitative estimate of drug-likeness (QED) is 0.700. The minimum atomic E-state index is -0.776. The van der Waals surface area contributed by atoms with Gasteiger partial charge < -0.3 is 9.84 Å². The van der Waals surface area contributed by atoms with Crippen molar-refractivity contribution < 1.29 is 19.0 Å². The van der Waals surface area contributed by atoms with Gasteiger partial charge in [-0.15, -0.1) is 0 Å². The number of aliphatic hydroxyl groups is 1. The van der Waals surface area contributed by atoms with Gasteiger partial charge in [-0.05, 0) is 11.6 Å². The number of halogens is 1. The molecule has 3 nitrogen and oxygen atoms in total. The normalized spacial score (nSPS) is 9.77. The van der Waals surface area contributed by atoms with E-state index in [9.17, 15) is 9.18 Å². The Kier molecular flexibility index (Phi) is 2.97. The molecule has 0 aliphatic rings. The summed E-state index contributed by atoms with van der Waals surface area (Å²) in [5.41, 5.74) is 0.0272. The lowest BCUT2D eigenvalue weighted by molar-refractivity contribution is 0.0591. The molecule has 0 aliphatic heterocycles. The first-order valence-electron chi connectivity index (χ1n) is 3.67. The van der Waals surface area contributed by atoms with Crippen LogP contribution in [0.2, 0.25) is 0 Å².